The summed E-state index contributed by atoms with van der Waals surface area (Å²) in [7, 11) is 1.64. The third-order valence-electron chi connectivity index (χ3n) is 4.58. The van der Waals surface area contributed by atoms with E-state index in [1.165, 1.54) is 23.1 Å². The highest BCUT2D eigenvalue weighted by molar-refractivity contribution is 7.98. The zero-order chi connectivity index (χ0) is 22.9. The van der Waals surface area contributed by atoms with Crippen molar-refractivity contribution in [1.82, 2.24) is 25.4 Å². The molecule has 0 aliphatic rings. The van der Waals surface area contributed by atoms with E-state index in [4.69, 9.17) is 9.47 Å². The predicted octanol–water partition coefficient (Wildman–Crippen LogP) is 5.55. The number of ether oxygens (including phenoxy) is 2. The molecular weight excluding hydrogens is 456 g/mol. The third-order valence-corrected chi connectivity index (χ3v) is 6.45. The lowest BCUT2D eigenvalue weighted by atomic mass is 10.2. The highest BCUT2D eigenvalue weighted by Crippen LogP contribution is 2.27. The molecule has 4 aromatic rings. The van der Waals surface area contributed by atoms with E-state index in [1.807, 2.05) is 48.5 Å². The summed E-state index contributed by atoms with van der Waals surface area (Å²) < 4.78 is 10.9. The summed E-state index contributed by atoms with van der Waals surface area (Å²) in [5.41, 5.74) is 1.93. The molecule has 0 saturated carbocycles. The van der Waals surface area contributed by atoms with Crippen LogP contribution in [0.1, 0.15) is 30.3 Å². The summed E-state index contributed by atoms with van der Waals surface area (Å²) in [6.45, 7) is 2.89. The van der Waals surface area contributed by atoms with Crippen molar-refractivity contribution in [3.63, 3.8) is 0 Å². The minimum absolute atomic E-state index is 0.614. The van der Waals surface area contributed by atoms with Gasteiger partial charge in [-0.1, -0.05) is 36.4 Å². The lowest BCUT2D eigenvalue weighted by Crippen LogP contribution is -1.96. The topological polar surface area (TPSA) is 98.2 Å². The van der Waals surface area contributed by atoms with E-state index in [1.54, 1.807) is 13.3 Å². The molecule has 2 heterocycles. The van der Waals surface area contributed by atoms with Crippen molar-refractivity contribution < 1.29 is 9.47 Å². The molecule has 8 nitrogen and oxygen atoms in total. The van der Waals surface area contributed by atoms with Crippen LogP contribution in [0.4, 0.5) is 5.13 Å². The van der Waals surface area contributed by atoms with Gasteiger partial charge in [0.15, 0.2) is 5.82 Å². The molecule has 0 amide bonds. The van der Waals surface area contributed by atoms with Gasteiger partial charge in [0.2, 0.25) is 10.3 Å². The van der Waals surface area contributed by atoms with Crippen LogP contribution in [0.2, 0.25) is 0 Å². The molecule has 170 valence electrons. The number of nitrogens with one attached hydrogen (secondary N) is 1. The summed E-state index contributed by atoms with van der Waals surface area (Å²) in [6.07, 6.45) is 3.96. The fraction of sp³-hybridized carbons (Fsp3) is 0.261. The number of thioether (sulfide) groups is 1. The highest BCUT2D eigenvalue weighted by Gasteiger charge is 2.09. The minimum atomic E-state index is 0.614. The molecule has 0 aliphatic carbocycles. The van der Waals surface area contributed by atoms with Gasteiger partial charge in [-0.05, 0) is 60.5 Å². The normalized spacial score (nSPS) is 11.2. The number of H-pyrrole nitrogens is 1. The first-order valence-electron chi connectivity index (χ1n) is 10.5. The van der Waals surface area contributed by atoms with E-state index in [9.17, 15) is 0 Å². The molecule has 0 spiro atoms. The van der Waals surface area contributed by atoms with Crippen LogP contribution < -0.4 is 9.47 Å². The van der Waals surface area contributed by atoms with Crippen LogP contribution in [0.25, 0.3) is 11.4 Å². The Labute approximate surface area is 200 Å². The largest absolute Gasteiger partial charge is 0.497 e. The van der Waals surface area contributed by atoms with Gasteiger partial charge in [-0.3, -0.25) is 5.10 Å². The zero-order valence-corrected chi connectivity index (χ0v) is 20.0. The molecule has 2 aromatic heterocycles. The van der Waals surface area contributed by atoms with Crippen molar-refractivity contribution in [2.24, 2.45) is 4.99 Å². The first-order valence-corrected chi connectivity index (χ1v) is 12.3. The number of nitrogens with zero attached hydrogens (tertiary/aromatic N) is 5. The van der Waals surface area contributed by atoms with Gasteiger partial charge in [-0.2, -0.15) is 0 Å². The molecule has 0 unspecified atom stereocenters. The maximum absolute atomic E-state index is 5.68. The van der Waals surface area contributed by atoms with Gasteiger partial charge < -0.3 is 9.47 Å². The van der Waals surface area contributed by atoms with Gasteiger partial charge in [-0.25, -0.2) is 9.98 Å². The van der Waals surface area contributed by atoms with E-state index < -0.39 is 0 Å². The molecule has 0 radical (unpaired) electrons. The second kappa shape index (κ2) is 11.6. The maximum atomic E-state index is 5.68. The second-order valence-electron chi connectivity index (χ2n) is 6.99. The van der Waals surface area contributed by atoms with E-state index in [-0.39, 0.29) is 0 Å². The Balaban J connectivity index is 1.29. The lowest BCUT2D eigenvalue weighted by Gasteiger charge is -2.04. The average Bonchev–Trinajstić information content (AvgIpc) is 3.52. The van der Waals surface area contributed by atoms with Crippen molar-refractivity contribution in [2.45, 2.75) is 30.7 Å². The Morgan fingerprint density at radius 1 is 1.06 bits per heavy atom. The van der Waals surface area contributed by atoms with Crippen molar-refractivity contribution in [3.05, 3.63) is 59.1 Å². The number of unbranched alkanes of at least 4 members (excludes halogenated alkanes) is 1. The molecule has 10 heteroatoms. The number of rotatable bonds is 11. The number of benzene rings is 2. The van der Waals surface area contributed by atoms with Crippen molar-refractivity contribution in [2.75, 3.05) is 13.7 Å². The van der Waals surface area contributed by atoms with Gasteiger partial charge in [-0.15, -0.1) is 15.3 Å². The summed E-state index contributed by atoms with van der Waals surface area (Å²) in [4.78, 5) is 8.97. The van der Waals surface area contributed by atoms with Crippen LogP contribution >= 0.6 is 23.1 Å². The van der Waals surface area contributed by atoms with Crippen molar-refractivity contribution in [3.8, 4) is 22.9 Å². The second-order valence-corrected chi connectivity index (χ2v) is 8.97. The summed E-state index contributed by atoms with van der Waals surface area (Å²) in [5.74, 6) is 3.01. The molecule has 0 fully saturated rings. The summed E-state index contributed by atoms with van der Waals surface area (Å²) in [6, 6.07) is 15.5. The molecule has 0 bridgehead atoms. The Kier molecular flexibility index (Phi) is 8.04. The van der Waals surface area contributed by atoms with Crippen LogP contribution in [-0.2, 0) is 5.75 Å². The Bertz CT molecular complexity index is 1170. The quantitative estimate of drug-likeness (QED) is 0.171. The van der Waals surface area contributed by atoms with Crippen LogP contribution in [0, 0.1) is 0 Å². The fourth-order valence-electron chi connectivity index (χ4n) is 2.78. The lowest BCUT2D eigenvalue weighted by molar-refractivity contribution is 0.309. The SMILES string of the molecule is CCCCOc1ccc(/C=N/c2nnc(CSc3n[nH]c(-c4ccc(OC)cc4)n3)s2)cc1. The van der Waals surface area contributed by atoms with E-state index in [2.05, 4.69) is 37.3 Å². The van der Waals surface area contributed by atoms with E-state index in [0.29, 0.717) is 21.9 Å². The van der Waals surface area contributed by atoms with Gasteiger partial charge in [0.05, 0.1) is 19.5 Å². The number of hydrogen-bond acceptors (Lipinski definition) is 9. The maximum Gasteiger partial charge on any atom is 0.231 e. The van der Waals surface area contributed by atoms with Crippen LogP contribution in [0.5, 0.6) is 11.5 Å². The predicted molar refractivity (Wildman–Crippen MR) is 132 cm³/mol. The third kappa shape index (κ3) is 6.62. The Hall–Kier alpha value is -3.24. The van der Waals surface area contributed by atoms with Crippen molar-refractivity contribution in [1.29, 1.82) is 0 Å². The smallest absolute Gasteiger partial charge is 0.231 e. The Morgan fingerprint density at radius 2 is 1.85 bits per heavy atom. The molecule has 0 aliphatic heterocycles. The van der Waals surface area contributed by atoms with E-state index >= 15 is 0 Å². The first kappa shape index (κ1) is 22.9. The number of aromatic nitrogens is 5. The number of methoxy groups -OCH3 is 1. The molecule has 1 N–H and O–H groups in total. The molecule has 0 atom stereocenters. The molecule has 4 rings (SSSR count). The van der Waals surface area contributed by atoms with Crippen LogP contribution in [0.3, 0.4) is 0 Å². The summed E-state index contributed by atoms with van der Waals surface area (Å²) >= 11 is 2.95. The van der Waals surface area contributed by atoms with Crippen LogP contribution in [-0.4, -0.2) is 45.3 Å². The number of aromatic amines is 1. The van der Waals surface area contributed by atoms with Crippen molar-refractivity contribution >= 4 is 34.4 Å². The van der Waals surface area contributed by atoms with Gasteiger partial charge in [0, 0.05) is 11.8 Å². The van der Waals surface area contributed by atoms with Gasteiger partial charge >= 0.3 is 0 Å². The van der Waals surface area contributed by atoms with Gasteiger partial charge in [0.1, 0.15) is 16.5 Å². The fourth-order valence-corrected chi connectivity index (χ4v) is 4.25. The Morgan fingerprint density at radius 3 is 2.61 bits per heavy atom. The molecule has 2 aromatic carbocycles. The monoisotopic (exact) mass is 480 g/mol. The number of aliphatic imine (C=N–C) groups is 1. The molecular formula is C23H24N6O2S2. The average molecular weight is 481 g/mol. The van der Waals surface area contributed by atoms with E-state index in [0.717, 1.165) is 47.1 Å². The minimum Gasteiger partial charge on any atom is -0.497 e. The first-order chi connectivity index (χ1) is 16.2. The molecule has 0 saturated heterocycles. The summed E-state index contributed by atoms with van der Waals surface area (Å²) in [5, 5.41) is 17.7. The zero-order valence-electron chi connectivity index (χ0n) is 18.4. The highest BCUT2D eigenvalue weighted by atomic mass is 32.2. The standard InChI is InChI=1S/C23H24N6O2S2/c1-3-4-13-31-19-9-5-16(6-10-19)14-24-22-28-26-20(33-22)15-32-23-25-21(27-29-23)17-7-11-18(30-2)12-8-17/h5-12,14H,3-4,13,15H2,1-2H3,(H,25,27,29)/b24-14+. The molecule has 33 heavy (non-hydrogen) atoms. The van der Waals surface area contributed by atoms with Gasteiger partial charge in [0.25, 0.3) is 0 Å². The van der Waals surface area contributed by atoms with Crippen LogP contribution in [0.15, 0.2) is 58.7 Å². The number of hydrogen-bond donors (Lipinski definition) is 1.